The second kappa shape index (κ2) is 3.89. The Morgan fingerprint density at radius 1 is 1.40 bits per heavy atom. The predicted molar refractivity (Wildman–Crippen MR) is 43.2 cm³/mol. The van der Waals surface area contributed by atoms with E-state index in [9.17, 15) is 17.6 Å². The van der Waals surface area contributed by atoms with Crippen molar-refractivity contribution in [3.8, 4) is 5.75 Å². The van der Waals surface area contributed by atoms with E-state index in [1.807, 2.05) is 0 Å². The molecule has 0 saturated carbocycles. The van der Waals surface area contributed by atoms with E-state index in [2.05, 4.69) is 9.72 Å². The van der Waals surface area contributed by atoms with Crippen molar-refractivity contribution in [3.63, 3.8) is 0 Å². The summed E-state index contributed by atoms with van der Waals surface area (Å²) < 4.78 is 51.9. The third-order valence-corrected chi connectivity index (χ3v) is 1.57. The summed E-state index contributed by atoms with van der Waals surface area (Å²) in [6.45, 7) is -0.378. The van der Waals surface area contributed by atoms with Crippen LogP contribution in [-0.4, -0.2) is 11.3 Å². The minimum atomic E-state index is -4.89. The number of nitrogens with two attached hydrogens (primary N) is 2. The predicted octanol–water partition coefficient (Wildman–Crippen LogP) is 1.16. The van der Waals surface area contributed by atoms with Crippen LogP contribution >= 0.6 is 0 Å². The van der Waals surface area contributed by atoms with Gasteiger partial charge < -0.3 is 16.2 Å². The summed E-state index contributed by atoms with van der Waals surface area (Å²) in [7, 11) is 0. The van der Waals surface area contributed by atoms with E-state index in [-0.39, 0.29) is 12.1 Å². The molecule has 1 heterocycles. The summed E-state index contributed by atoms with van der Waals surface area (Å²) in [5.41, 5.74) is 9.46. The van der Waals surface area contributed by atoms with Gasteiger partial charge in [0.1, 0.15) is 0 Å². The molecule has 1 rings (SSSR count). The van der Waals surface area contributed by atoms with Crippen LogP contribution in [0.4, 0.5) is 23.2 Å². The minimum Gasteiger partial charge on any atom is -0.404 e. The fourth-order valence-electron chi connectivity index (χ4n) is 0.943. The number of halogens is 4. The van der Waals surface area contributed by atoms with Crippen LogP contribution in [0.1, 0.15) is 5.56 Å². The number of nitrogens with zero attached hydrogens (tertiary/aromatic N) is 1. The van der Waals surface area contributed by atoms with Crippen LogP contribution in [0.3, 0.4) is 0 Å². The number of alkyl halides is 3. The van der Waals surface area contributed by atoms with Crippen molar-refractivity contribution < 1.29 is 22.3 Å². The second-order valence-corrected chi connectivity index (χ2v) is 2.56. The van der Waals surface area contributed by atoms with Gasteiger partial charge in [0, 0.05) is 12.1 Å². The summed E-state index contributed by atoms with van der Waals surface area (Å²) in [6.07, 6.45) is -4.31. The molecule has 4 N–H and O–H groups in total. The third kappa shape index (κ3) is 2.69. The maximum atomic E-state index is 12.8. The Labute approximate surface area is 81.8 Å². The Hall–Kier alpha value is -1.57. The van der Waals surface area contributed by atoms with Crippen LogP contribution < -0.4 is 16.2 Å². The van der Waals surface area contributed by atoms with Crippen LogP contribution in [0.5, 0.6) is 5.75 Å². The molecule has 0 aliphatic carbocycles. The number of hydrogen-bond acceptors (Lipinski definition) is 4. The monoisotopic (exact) mass is 225 g/mol. The van der Waals surface area contributed by atoms with Gasteiger partial charge in [0.15, 0.2) is 5.75 Å². The van der Waals surface area contributed by atoms with E-state index in [1.165, 1.54) is 0 Å². The SMILES string of the molecule is NCc1c(OC(F)(F)F)cnc(F)c1N. The highest BCUT2D eigenvalue weighted by molar-refractivity contribution is 5.52. The molecule has 0 saturated heterocycles. The Morgan fingerprint density at radius 3 is 2.47 bits per heavy atom. The number of rotatable bonds is 2. The molecule has 15 heavy (non-hydrogen) atoms. The zero-order chi connectivity index (χ0) is 11.6. The first-order chi connectivity index (χ1) is 6.85. The zero-order valence-corrected chi connectivity index (χ0v) is 7.31. The van der Waals surface area contributed by atoms with Crippen LogP contribution in [0.15, 0.2) is 6.20 Å². The van der Waals surface area contributed by atoms with Crippen molar-refractivity contribution in [2.75, 3.05) is 5.73 Å². The van der Waals surface area contributed by atoms with Gasteiger partial charge in [0.25, 0.3) is 0 Å². The lowest BCUT2D eigenvalue weighted by molar-refractivity contribution is -0.275. The highest BCUT2D eigenvalue weighted by Gasteiger charge is 2.32. The third-order valence-electron chi connectivity index (χ3n) is 1.57. The molecule has 0 amide bonds. The maximum Gasteiger partial charge on any atom is 0.573 e. The van der Waals surface area contributed by atoms with E-state index < -0.39 is 23.7 Å². The molecule has 8 heteroatoms. The second-order valence-electron chi connectivity index (χ2n) is 2.56. The molecule has 0 aliphatic rings. The molecule has 0 unspecified atom stereocenters. The van der Waals surface area contributed by atoms with Crippen LogP contribution in [-0.2, 0) is 6.54 Å². The summed E-state index contributed by atoms with van der Waals surface area (Å²) in [6, 6.07) is 0. The van der Waals surface area contributed by atoms with Gasteiger partial charge in [-0.15, -0.1) is 13.2 Å². The minimum absolute atomic E-state index is 0.264. The van der Waals surface area contributed by atoms with Crippen molar-refractivity contribution >= 4 is 5.69 Å². The van der Waals surface area contributed by atoms with Crippen molar-refractivity contribution in [1.29, 1.82) is 0 Å². The van der Waals surface area contributed by atoms with Gasteiger partial charge in [-0.3, -0.25) is 0 Å². The highest BCUT2D eigenvalue weighted by Crippen LogP contribution is 2.29. The first-order valence-electron chi connectivity index (χ1n) is 3.74. The number of aromatic nitrogens is 1. The molecule has 1 aromatic rings. The number of nitrogen functional groups attached to an aromatic ring is 1. The molecule has 0 fully saturated rings. The molecular formula is C7H7F4N3O. The normalized spacial score (nSPS) is 11.5. The van der Waals surface area contributed by atoms with Gasteiger partial charge in [-0.2, -0.15) is 4.39 Å². The van der Waals surface area contributed by atoms with Crippen molar-refractivity contribution in [2.24, 2.45) is 5.73 Å². The van der Waals surface area contributed by atoms with E-state index in [1.54, 1.807) is 0 Å². The van der Waals surface area contributed by atoms with Gasteiger partial charge in [-0.25, -0.2) is 4.98 Å². The Morgan fingerprint density at radius 2 is 2.00 bits per heavy atom. The molecule has 0 aromatic carbocycles. The Balaban J connectivity index is 3.14. The van der Waals surface area contributed by atoms with Crippen molar-refractivity contribution in [1.82, 2.24) is 4.98 Å². The highest BCUT2D eigenvalue weighted by atomic mass is 19.4. The van der Waals surface area contributed by atoms with Gasteiger partial charge >= 0.3 is 6.36 Å². The first-order valence-corrected chi connectivity index (χ1v) is 3.74. The van der Waals surface area contributed by atoms with Gasteiger partial charge in [-0.05, 0) is 0 Å². The average molecular weight is 225 g/mol. The summed E-state index contributed by atoms with van der Waals surface area (Å²) in [4.78, 5) is 3.00. The molecule has 0 spiro atoms. The van der Waals surface area contributed by atoms with Gasteiger partial charge in [-0.1, -0.05) is 0 Å². The first kappa shape index (κ1) is 11.5. The van der Waals surface area contributed by atoms with Crippen LogP contribution in [0.25, 0.3) is 0 Å². The smallest absolute Gasteiger partial charge is 0.404 e. The van der Waals surface area contributed by atoms with Gasteiger partial charge in [0.05, 0.1) is 11.9 Å². The largest absolute Gasteiger partial charge is 0.573 e. The fraction of sp³-hybridized carbons (Fsp3) is 0.286. The average Bonchev–Trinajstić information content (AvgIpc) is 2.10. The summed E-state index contributed by atoms with van der Waals surface area (Å²) in [5.74, 6) is -1.77. The van der Waals surface area contributed by atoms with E-state index >= 15 is 0 Å². The molecular weight excluding hydrogens is 218 g/mol. The van der Waals surface area contributed by atoms with Crippen molar-refractivity contribution in [3.05, 3.63) is 17.7 Å². The summed E-state index contributed by atoms with van der Waals surface area (Å²) in [5, 5.41) is 0. The van der Waals surface area contributed by atoms with Gasteiger partial charge in [0.2, 0.25) is 5.95 Å². The Kier molecular flexibility index (Phi) is 2.98. The standard InChI is InChI=1S/C7H7F4N3O/c8-6-5(13)3(1-12)4(2-14-6)15-7(9,10)11/h2H,1,12-13H2. The number of anilines is 1. The number of ether oxygens (including phenoxy) is 1. The van der Waals surface area contributed by atoms with Crippen LogP contribution in [0.2, 0.25) is 0 Å². The Bertz CT molecular complexity index is 366. The number of hydrogen-bond donors (Lipinski definition) is 2. The lowest BCUT2D eigenvalue weighted by Crippen LogP contribution is -2.20. The lowest BCUT2D eigenvalue weighted by Gasteiger charge is -2.13. The topological polar surface area (TPSA) is 74.2 Å². The van der Waals surface area contributed by atoms with Crippen LogP contribution in [0, 0.1) is 5.95 Å². The summed E-state index contributed by atoms with van der Waals surface area (Å²) >= 11 is 0. The van der Waals surface area contributed by atoms with E-state index in [4.69, 9.17) is 11.5 Å². The van der Waals surface area contributed by atoms with E-state index in [0.29, 0.717) is 6.20 Å². The molecule has 0 atom stereocenters. The zero-order valence-electron chi connectivity index (χ0n) is 7.31. The quantitative estimate of drug-likeness (QED) is 0.585. The van der Waals surface area contributed by atoms with E-state index in [0.717, 1.165) is 0 Å². The molecule has 1 aromatic heterocycles. The lowest BCUT2D eigenvalue weighted by atomic mass is 10.2. The molecule has 4 nitrogen and oxygen atoms in total. The number of pyridine rings is 1. The fourth-order valence-corrected chi connectivity index (χ4v) is 0.943. The maximum absolute atomic E-state index is 12.8. The molecule has 0 radical (unpaired) electrons. The molecule has 0 aliphatic heterocycles. The molecule has 84 valence electrons. The molecule has 0 bridgehead atoms. The van der Waals surface area contributed by atoms with Crippen molar-refractivity contribution in [2.45, 2.75) is 12.9 Å².